The zero-order valence-corrected chi connectivity index (χ0v) is 15.1. The van der Waals surface area contributed by atoms with Crippen LogP contribution in [0.25, 0.3) is 0 Å². The number of benzene rings is 2. The fourth-order valence-electron chi connectivity index (χ4n) is 2.96. The number of carbonyl (C=O) groups is 3. The van der Waals surface area contributed by atoms with Gasteiger partial charge >= 0.3 is 5.97 Å². The number of fused-ring (bicyclic) bond motifs is 1. The third-order valence-electron chi connectivity index (χ3n) is 4.57. The largest absolute Gasteiger partial charge is 0.478 e. The Kier molecular flexibility index (Phi) is 4.97. The molecular weight excluding hydrogens is 360 g/mol. The van der Waals surface area contributed by atoms with Gasteiger partial charge in [-0.1, -0.05) is 42.5 Å². The minimum Gasteiger partial charge on any atom is -0.478 e. The van der Waals surface area contributed by atoms with Crippen molar-refractivity contribution in [1.29, 1.82) is 0 Å². The maximum absolute atomic E-state index is 12.6. The van der Waals surface area contributed by atoms with Crippen LogP contribution in [-0.2, 0) is 19.1 Å². The van der Waals surface area contributed by atoms with Gasteiger partial charge in [0, 0.05) is 11.6 Å². The summed E-state index contributed by atoms with van der Waals surface area (Å²) >= 11 is 0. The van der Waals surface area contributed by atoms with Crippen LogP contribution in [0.15, 0.2) is 54.6 Å². The molecule has 0 spiro atoms. The van der Waals surface area contributed by atoms with E-state index in [1.165, 1.54) is 0 Å². The van der Waals surface area contributed by atoms with Crippen LogP contribution < -0.4 is 15.4 Å². The Bertz CT molecular complexity index is 895. The summed E-state index contributed by atoms with van der Waals surface area (Å²) in [5, 5.41) is 5.56. The molecule has 2 aromatic rings. The molecule has 7 nitrogen and oxygen atoms in total. The Balaban J connectivity index is 1.44. The number of para-hydroxylation sites is 2. The van der Waals surface area contributed by atoms with Crippen molar-refractivity contribution in [1.82, 2.24) is 5.32 Å². The Hall–Kier alpha value is -3.35. The molecule has 1 aliphatic heterocycles. The lowest BCUT2D eigenvalue weighted by atomic mass is 10.1. The summed E-state index contributed by atoms with van der Waals surface area (Å²) in [5.41, 5.74) is 1.14. The number of rotatable bonds is 6. The van der Waals surface area contributed by atoms with E-state index in [0.717, 1.165) is 12.8 Å². The molecule has 0 aromatic heterocycles. The van der Waals surface area contributed by atoms with E-state index in [0.29, 0.717) is 17.0 Å². The number of hydrogen-bond donors (Lipinski definition) is 2. The van der Waals surface area contributed by atoms with Crippen molar-refractivity contribution in [2.24, 2.45) is 0 Å². The minimum absolute atomic E-state index is 0.140. The van der Waals surface area contributed by atoms with Crippen LogP contribution >= 0.6 is 0 Å². The van der Waals surface area contributed by atoms with Crippen LogP contribution in [0.1, 0.15) is 30.9 Å². The molecule has 28 heavy (non-hydrogen) atoms. The summed E-state index contributed by atoms with van der Waals surface area (Å²) in [6.45, 7) is 0. The van der Waals surface area contributed by atoms with E-state index in [1.807, 2.05) is 6.07 Å². The maximum atomic E-state index is 12.6. The molecule has 144 valence electrons. The topological polar surface area (TPSA) is 93.7 Å². The average Bonchev–Trinajstić information content (AvgIpc) is 3.51. The Morgan fingerprint density at radius 3 is 2.57 bits per heavy atom. The number of carbonyl (C=O) groups excluding carboxylic acids is 3. The molecule has 1 fully saturated rings. The molecule has 7 heteroatoms. The number of ether oxygens (including phenoxy) is 2. The highest BCUT2D eigenvalue weighted by atomic mass is 16.6. The molecule has 2 amide bonds. The fourth-order valence-corrected chi connectivity index (χ4v) is 2.96. The quantitative estimate of drug-likeness (QED) is 0.751. The van der Waals surface area contributed by atoms with Gasteiger partial charge in [-0.2, -0.15) is 0 Å². The number of esters is 1. The molecule has 2 atom stereocenters. The van der Waals surface area contributed by atoms with Crippen LogP contribution in [-0.4, -0.2) is 29.9 Å². The lowest BCUT2D eigenvalue weighted by molar-refractivity contribution is -0.159. The zero-order valence-electron chi connectivity index (χ0n) is 15.1. The highest BCUT2D eigenvalue weighted by Gasteiger charge is 2.34. The van der Waals surface area contributed by atoms with E-state index >= 15 is 0 Å². The normalized spacial score (nSPS) is 18.9. The van der Waals surface area contributed by atoms with Crippen LogP contribution in [0, 0.1) is 0 Å². The van der Waals surface area contributed by atoms with Gasteiger partial charge < -0.3 is 20.1 Å². The average molecular weight is 380 g/mol. The maximum Gasteiger partial charge on any atom is 0.311 e. The summed E-state index contributed by atoms with van der Waals surface area (Å²) in [4.78, 5) is 37.3. The third kappa shape index (κ3) is 4.14. The summed E-state index contributed by atoms with van der Waals surface area (Å²) < 4.78 is 11.1. The fraction of sp³-hybridized carbons (Fsp3) is 0.286. The smallest absolute Gasteiger partial charge is 0.311 e. The van der Waals surface area contributed by atoms with E-state index < -0.39 is 24.1 Å². The van der Waals surface area contributed by atoms with Gasteiger partial charge in [-0.25, -0.2) is 0 Å². The molecule has 1 saturated carbocycles. The molecule has 2 N–H and O–H groups in total. The van der Waals surface area contributed by atoms with E-state index in [2.05, 4.69) is 10.6 Å². The van der Waals surface area contributed by atoms with Gasteiger partial charge in [0.1, 0.15) is 5.75 Å². The first-order valence-corrected chi connectivity index (χ1v) is 9.21. The molecule has 0 bridgehead atoms. The van der Waals surface area contributed by atoms with Gasteiger partial charge in [0.25, 0.3) is 11.8 Å². The van der Waals surface area contributed by atoms with Gasteiger partial charge in [0.2, 0.25) is 6.10 Å². The number of anilines is 1. The monoisotopic (exact) mass is 380 g/mol. The molecule has 2 aliphatic rings. The van der Waals surface area contributed by atoms with Crippen molar-refractivity contribution >= 4 is 23.5 Å². The number of amides is 2. The predicted octanol–water partition coefficient (Wildman–Crippen LogP) is 2.34. The molecule has 1 heterocycles. The van der Waals surface area contributed by atoms with Crippen molar-refractivity contribution in [2.75, 3.05) is 5.32 Å². The van der Waals surface area contributed by atoms with Crippen molar-refractivity contribution in [3.8, 4) is 5.75 Å². The van der Waals surface area contributed by atoms with E-state index in [1.54, 1.807) is 48.5 Å². The second kappa shape index (κ2) is 7.72. The highest BCUT2D eigenvalue weighted by molar-refractivity contribution is 5.99. The molecule has 0 saturated heterocycles. The Morgan fingerprint density at radius 1 is 1.11 bits per heavy atom. The predicted molar refractivity (Wildman–Crippen MR) is 101 cm³/mol. The summed E-state index contributed by atoms with van der Waals surface area (Å²) in [7, 11) is 0. The van der Waals surface area contributed by atoms with Crippen molar-refractivity contribution in [3.63, 3.8) is 0 Å². The van der Waals surface area contributed by atoms with Crippen molar-refractivity contribution in [2.45, 2.75) is 37.5 Å². The van der Waals surface area contributed by atoms with Gasteiger partial charge in [-0.15, -0.1) is 0 Å². The number of nitrogens with one attached hydrogen (secondary N) is 2. The highest BCUT2D eigenvalue weighted by Crippen LogP contribution is 2.30. The first kappa shape index (κ1) is 18.0. The van der Waals surface area contributed by atoms with Crippen molar-refractivity contribution in [3.05, 3.63) is 60.2 Å². The van der Waals surface area contributed by atoms with Crippen LogP contribution in [0.3, 0.4) is 0 Å². The van der Waals surface area contributed by atoms with Gasteiger partial charge in [0.05, 0.1) is 12.1 Å². The van der Waals surface area contributed by atoms with Crippen LogP contribution in [0.2, 0.25) is 0 Å². The van der Waals surface area contributed by atoms with E-state index in [4.69, 9.17) is 9.47 Å². The van der Waals surface area contributed by atoms with Gasteiger partial charge in [-0.05, 0) is 25.0 Å². The lowest BCUT2D eigenvalue weighted by Gasteiger charge is -2.26. The SMILES string of the molecule is O=C(C[C@H]1Oc2ccccc2NC1=O)O[C@H](C(=O)NC1CC1)c1ccccc1. The summed E-state index contributed by atoms with van der Waals surface area (Å²) in [6.07, 6.45) is -0.508. The molecule has 4 rings (SSSR count). The standard InChI is InChI=1S/C21H20N2O5/c24-18(12-17-20(25)23-15-8-4-5-9-16(15)27-17)28-19(13-6-2-1-3-7-13)21(26)22-14-10-11-14/h1-9,14,17,19H,10-12H2,(H,22,26)(H,23,25)/t17-,19+/m1/s1. The zero-order chi connectivity index (χ0) is 19.5. The van der Waals surface area contributed by atoms with Crippen LogP contribution in [0.4, 0.5) is 5.69 Å². The molecule has 1 aliphatic carbocycles. The molecule has 2 aromatic carbocycles. The first-order valence-electron chi connectivity index (χ1n) is 9.21. The Morgan fingerprint density at radius 2 is 1.82 bits per heavy atom. The minimum atomic E-state index is -1.06. The second-order valence-electron chi connectivity index (χ2n) is 6.86. The molecule has 0 radical (unpaired) electrons. The van der Waals surface area contributed by atoms with E-state index in [-0.39, 0.29) is 18.4 Å². The molecular formula is C21H20N2O5. The van der Waals surface area contributed by atoms with Gasteiger partial charge in [0.15, 0.2) is 6.10 Å². The third-order valence-corrected chi connectivity index (χ3v) is 4.57. The molecule has 0 unspecified atom stereocenters. The second-order valence-corrected chi connectivity index (χ2v) is 6.86. The summed E-state index contributed by atoms with van der Waals surface area (Å²) in [5.74, 6) is -0.971. The summed E-state index contributed by atoms with van der Waals surface area (Å²) in [6, 6.07) is 15.9. The van der Waals surface area contributed by atoms with E-state index in [9.17, 15) is 14.4 Å². The first-order chi connectivity index (χ1) is 13.6. The lowest BCUT2D eigenvalue weighted by Crippen LogP contribution is -2.40. The van der Waals surface area contributed by atoms with Crippen molar-refractivity contribution < 1.29 is 23.9 Å². The number of hydrogen-bond acceptors (Lipinski definition) is 5. The Labute approximate surface area is 162 Å². The van der Waals surface area contributed by atoms with Crippen LogP contribution in [0.5, 0.6) is 5.75 Å². The van der Waals surface area contributed by atoms with Gasteiger partial charge in [-0.3, -0.25) is 14.4 Å².